The number of hydrogen-bond acceptors (Lipinski definition) is 3. The lowest BCUT2D eigenvalue weighted by Crippen LogP contribution is -2.26. The first-order valence-corrected chi connectivity index (χ1v) is 7.84. The number of benzene rings is 2. The van der Waals surface area contributed by atoms with Gasteiger partial charge < -0.3 is 5.11 Å². The average Bonchev–Trinajstić information content (AvgIpc) is 2.48. The molecule has 20 heavy (non-hydrogen) atoms. The average molecular weight is 291 g/mol. The van der Waals surface area contributed by atoms with E-state index in [0.717, 1.165) is 5.56 Å². The topological polar surface area (TPSA) is 66.4 Å². The molecule has 0 aliphatic rings. The van der Waals surface area contributed by atoms with Crippen LogP contribution in [-0.4, -0.2) is 20.1 Å². The maximum atomic E-state index is 12.2. The summed E-state index contributed by atoms with van der Waals surface area (Å²) in [6, 6.07) is 16.1. The molecule has 0 radical (unpaired) electrons. The molecule has 2 rings (SSSR count). The summed E-state index contributed by atoms with van der Waals surface area (Å²) in [5.41, 5.74) is 1.48. The van der Waals surface area contributed by atoms with Gasteiger partial charge >= 0.3 is 0 Å². The Labute approximate surface area is 119 Å². The molecule has 4 nitrogen and oxygen atoms in total. The van der Waals surface area contributed by atoms with Gasteiger partial charge in [0.1, 0.15) is 0 Å². The maximum Gasteiger partial charge on any atom is 0.240 e. The SMILES string of the molecule is O=S(=O)(NCCc1ccccc1)c1ccccc1CO. The van der Waals surface area contributed by atoms with Crippen molar-refractivity contribution in [3.05, 3.63) is 65.7 Å². The van der Waals surface area contributed by atoms with Gasteiger partial charge in [-0.2, -0.15) is 0 Å². The van der Waals surface area contributed by atoms with E-state index in [-0.39, 0.29) is 11.5 Å². The number of aliphatic hydroxyl groups excluding tert-OH is 1. The number of hydrogen-bond donors (Lipinski definition) is 2. The molecule has 0 saturated heterocycles. The highest BCUT2D eigenvalue weighted by Crippen LogP contribution is 2.15. The van der Waals surface area contributed by atoms with Crippen LogP contribution in [0.2, 0.25) is 0 Å². The van der Waals surface area contributed by atoms with E-state index in [0.29, 0.717) is 18.5 Å². The van der Waals surface area contributed by atoms with Gasteiger partial charge in [-0.15, -0.1) is 0 Å². The zero-order chi connectivity index (χ0) is 14.4. The molecule has 0 saturated carbocycles. The molecule has 2 aromatic carbocycles. The normalized spacial score (nSPS) is 11.4. The molecule has 5 heteroatoms. The van der Waals surface area contributed by atoms with E-state index in [9.17, 15) is 13.5 Å². The van der Waals surface area contributed by atoms with Gasteiger partial charge in [0.05, 0.1) is 11.5 Å². The summed E-state index contributed by atoms with van der Waals surface area (Å²) in [7, 11) is -3.58. The van der Waals surface area contributed by atoms with Crippen molar-refractivity contribution in [2.45, 2.75) is 17.9 Å². The third kappa shape index (κ3) is 3.66. The Morgan fingerprint density at radius 3 is 2.30 bits per heavy atom. The first-order chi connectivity index (χ1) is 9.63. The molecule has 0 amide bonds. The van der Waals surface area contributed by atoms with E-state index in [1.54, 1.807) is 18.2 Å². The van der Waals surface area contributed by atoms with E-state index < -0.39 is 10.0 Å². The molecule has 106 valence electrons. The summed E-state index contributed by atoms with van der Waals surface area (Å²) < 4.78 is 26.9. The zero-order valence-corrected chi connectivity index (χ0v) is 11.8. The largest absolute Gasteiger partial charge is 0.392 e. The van der Waals surface area contributed by atoms with Gasteiger partial charge in [0.25, 0.3) is 0 Å². The highest BCUT2D eigenvalue weighted by atomic mass is 32.2. The van der Waals surface area contributed by atoms with Crippen LogP contribution in [0.1, 0.15) is 11.1 Å². The lowest BCUT2D eigenvalue weighted by molar-refractivity contribution is 0.278. The van der Waals surface area contributed by atoms with Gasteiger partial charge in [-0.25, -0.2) is 13.1 Å². The van der Waals surface area contributed by atoms with E-state index in [2.05, 4.69) is 4.72 Å². The van der Waals surface area contributed by atoms with Crippen molar-refractivity contribution in [3.8, 4) is 0 Å². The van der Waals surface area contributed by atoms with E-state index in [1.165, 1.54) is 6.07 Å². The smallest absolute Gasteiger partial charge is 0.240 e. The fourth-order valence-corrected chi connectivity index (χ4v) is 3.21. The zero-order valence-electron chi connectivity index (χ0n) is 11.0. The van der Waals surface area contributed by atoms with Gasteiger partial charge in [0.2, 0.25) is 10.0 Å². The van der Waals surface area contributed by atoms with Gasteiger partial charge in [0, 0.05) is 6.54 Å². The minimum absolute atomic E-state index is 0.135. The van der Waals surface area contributed by atoms with Crippen LogP contribution in [-0.2, 0) is 23.1 Å². The fraction of sp³-hybridized carbons (Fsp3) is 0.200. The fourth-order valence-electron chi connectivity index (χ4n) is 1.95. The van der Waals surface area contributed by atoms with Crippen LogP contribution in [0.4, 0.5) is 0 Å². The van der Waals surface area contributed by atoms with Crippen molar-refractivity contribution in [3.63, 3.8) is 0 Å². The van der Waals surface area contributed by atoms with Crippen LogP contribution >= 0.6 is 0 Å². The maximum absolute atomic E-state index is 12.2. The molecular formula is C15H17NO3S. The second-order valence-corrected chi connectivity index (χ2v) is 6.13. The van der Waals surface area contributed by atoms with Crippen molar-refractivity contribution in [2.24, 2.45) is 0 Å². The van der Waals surface area contributed by atoms with E-state index >= 15 is 0 Å². The molecule has 0 heterocycles. The Bertz CT molecular complexity index is 654. The molecule has 2 aromatic rings. The molecule has 0 atom stereocenters. The molecule has 0 aliphatic carbocycles. The number of nitrogens with one attached hydrogen (secondary N) is 1. The van der Waals surface area contributed by atoms with Gasteiger partial charge in [0.15, 0.2) is 0 Å². The lowest BCUT2D eigenvalue weighted by atomic mass is 10.2. The third-order valence-corrected chi connectivity index (χ3v) is 4.54. The molecule has 0 fully saturated rings. The standard InChI is InChI=1S/C15H17NO3S/c17-12-14-8-4-5-9-15(14)20(18,19)16-11-10-13-6-2-1-3-7-13/h1-9,16-17H,10-12H2. The van der Waals surface area contributed by atoms with Crippen molar-refractivity contribution >= 4 is 10.0 Å². The molecule has 0 unspecified atom stereocenters. The Kier molecular flexibility index (Phi) is 4.89. The summed E-state index contributed by atoms with van der Waals surface area (Å²) in [5.74, 6) is 0. The van der Waals surface area contributed by atoms with Crippen molar-refractivity contribution in [1.29, 1.82) is 0 Å². The van der Waals surface area contributed by atoms with Crippen LogP contribution in [0.25, 0.3) is 0 Å². The van der Waals surface area contributed by atoms with E-state index in [4.69, 9.17) is 0 Å². The van der Waals surface area contributed by atoms with Crippen molar-refractivity contribution in [2.75, 3.05) is 6.54 Å². The summed E-state index contributed by atoms with van der Waals surface area (Å²) in [6.07, 6.45) is 0.626. The summed E-state index contributed by atoms with van der Waals surface area (Å²) in [6.45, 7) is 0.0296. The minimum Gasteiger partial charge on any atom is -0.392 e. The number of rotatable bonds is 6. The van der Waals surface area contributed by atoms with Crippen molar-refractivity contribution < 1.29 is 13.5 Å². The second kappa shape index (κ2) is 6.65. The Balaban J connectivity index is 2.04. The molecule has 0 aromatic heterocycles. The summed E-state index contributed by atoms with van der Waals surface area (Å²) in [4.78, 5) is 0.135. The highest BCUT2D eigenvalue weighted by Gasteiger charge is 2.16. The molecule has 0 aliphatic heterocycles. The summed E-state index contributed by atoms with van der Waals surface area (Å²) in [5, 5.41) is 9.19. The first kappa shape index (κ1) is 14.7. The number of sulfonamides is 1. The van der Waals surface area contributed by atoms with E-state index in [1.807, 2.05) is 30.3 Å². The van der Waals surface area contributed by atoms with Gasteiger partial charge in [-0.05, 0) is 23.6 Å². The molecule has 2 N–H and O–H groups in total. The van der Waals surface area contributed by atoms with Crippen LogP contribution in [0.15, 0.2) is 59.5 Å². The monoisotopic (exact) mass is 291 g/mol. The Hall–Kier alpha value is -1.69. The molecular weight excluding hydrogens is 274 g/mol. The number of aliphatic hydroxyl groups is 1. The van der Waals surface area contributed by atoms with Gasteiger partial charge in [-0.1, -0.05) is 48.5 Å². The first-order valence-electron chi connectivity index (χ1n) is 6.36. The molecule has 0 spiro atoms. The second-order valence-electron chi connectivity index (χ2n) is 4.40. The van der Waals surface area contributed by atoms with Gasteiger partial charge in [-0.3, -0.25) is 0 Å². The Morgan fingerprint density at radius 1 is 0.950 bits per heavy atom. The third-order valence-electron chi connectivity index (χ3n) is 2.98. The van der Waals surface area contributed by atoms with Crippen LogP contribution < -0.4 is 4.72 Å². The minimum atomic E-state index is -3.58. The lowest BCUT2D eigenvalue weighted by Gasteiger charge is -2.10. The van der Waals surface area contributed by atoms with Crippen molar-refractivity contribution in [1.82, 2.24) is 4.72 Å². The van der Waals surface area contributed by atoms with Crippen LogP contribution in [0.3, 0.4) is 0 Å². The predicted molar refractivity (Wildman–Crippen MR) is 77.7 cm³/mol. The summed E-state index contributed by atoms with van der Waals surface area (Å²) >= 11 is 0. The predicted octanol–water partition coefficient (Wildman–Crippen LogP) is 1.70. The van der Waals surface area contributed by atoms with Crippen LogP contribution in [0.5, 0.6) is 0 Å². The highest BCUT2D eigenvalue weighted by molar-refractivity contribution is 7.89. The molecule has 0 bridgehead atoms. The van der Waals surface area contributed by atoms with Crippen LogP contribution in [0, 0.1) is 0 Å². The quantitative estimate of drug-likeness (QED) is 0.851. The Morgan fingerprint density at radius 2 is 1.60 bits per heavy atom.